The largest absolute Gasteiger partial charge is 0.508 e. The van der Waals surface area contributed by atoms with Gasteiger partial charge in [-0.1, -0.05) is 6.07 Å². The first kappa shape index (κ1) is 11.4. The summed E-state index contributed by atoms with van der Waals surface area (Å²) >= 11 is 0. The van der Waals surface area contributed by atoms with E-state index in [1.807, 2.05) is 0 Å². The molecule has 0 atom stereocenters. The Morgan fingerprint density at radius 3 is 2.63 bits per heavy atom. The molecular formula is C14H10O5. The highest BCUT2D eigenvalue weighted by Crippen LogP contribution is 2.32. The fourth-order valence-electron chi connectivity index (χ4n) is 2.13. The van der Waals surface area contributed by atoms with Crippen LogP contribution in [0.15, 0.2) is 39.5 Å². The Morgan fingerprint density at radius 2 is 1.89 bits per heavy atom. The minimum absolute atomic E-state index is 0.0230. The number of hydrogen-bond acceptors (Lipinski definition) is 5. The van der Waals surface area contributed by atoms with Gasteiger partial charge in [0.2, 0.25) is 5.43 Å². The van der Waals surface area contributed by atoms with Gasteiger partial charge in [-0.3, -0.25) is 4.79 Å². The average molecular weight is 258 g/mol. The van der Waals surface area contributed by atoms with E-state index in [4.69, 9.17) is 9.15 Å². The molecule has 3 rings (SSSR count). The molecule has 2 N–H and O–H groups in total. The Kier molecular flexibility index (Phi) is 2.35. The van der Waals surface area contributed by atoms with Crippen LogP contribution in [-0.2, 0) is 0 Å². The van der Waals surface area contributed by atoms with Crippen molar-refractivity contribution in [3.05, 3.63) is 40.6 Å². The standard InChI is InChI=1S/C14H10O5/c1-18-9-3-2-4-10-13(9)14(17)12-8(16)5-7(15)6-11(12)19-10/h2-6,15-16H,1H3. The van der Waals surface area contributed by atoms with Crippen molar-refractivity contribution in [1.29, 1.82) is 0 Å². The van der Waals surface area contributed by atoms with Crippen LogP contribution in [0.4, 0.5) is 0 Å². The lowest BCUT2D eigenvalue weighted by Gasteiger charge is -2.07. The molecule has 0 aliphatic heterocycles. The summed E-state index contributed by atoms with van der Waals surface area (Å²) in [6.07, 6.45) is 0. The van der Waals surface area contributed by atoms with E-state index in [1.54, 1.807) is 18.2 Å². The molecule has 0 aliphatic carbocycles. The summed E-state index contributed by atoms with van der Waals surface area (Å²) in [5, 5.41) is 19.5. The van der Waals surface area contributed by atoms with Crippen molar-refractivity contribution in [2.24, 2.45) is 0 Å². The van der Waals surface area contributed by atoms with Crippen molar-refractivity contribution >= 4 is 21.9 Å². The lowest BCUT2D eigenvalue weighted by atomic mass is 10.1. The van der Waals surface area contributed by atoms with Crippen LogP contribution >= 0.6 is 0 Å². The van der Waals surface area contributed by atoms with Crippen LogP contribution in [-0.4, -0.2) is 17.3 Å². The van der Waals surface area contributed by atoms with E-state index in [-0.39, 0.29) is 27.9 Å². The molecule has 0 saturated heterocycles. The summed E-state index contributed by atoms with van der Waals surface area (Å²) in [5.74, 6) is -0.118. The molecule has 0 unspecified atom stereocenters. The van der Waals surface area contributed by atoms with Crippen molar-refractivity contribution in [3.8, 4) is 17.2 Å². The van der Waals surface area contributed by atoms with Crippen LogP contribution in [0.1, 0.15) is 0 Å². The minimum Gasteiger partial charge on any atom is -0.508 e. The molecule has 5 heteroatoms. The van der Waals surface area contributed by atoms with Crippen LogP contribution in [0.2, 0.25) is 0 Å². The molecule has 1 aromatic heterocycles. The number of phenolic OH excluding ortho intramolecular Hbond substituents is 2. The summed E-state index contributed by atoms with van der Waals surface area (Å²) in [5.41, 5.74) is 0.0660. The summed E-state index contributed by atoms with van der Waals surface area (Å²) < 4.78 is 10.7. The summed E-state index contributed by atoms with van der Waals surface area (Å²) in [4.78, 5) is 12.4. The minimum atomic E-state index is -0.397. The van der Waals surface area contributed by atoms with E-state index in [0.29, 0.717) is 11.3 Å². The quantitative estimate of drug-likeness (QED) is 0.655. The predicted octanol–water partition coefficient (Wildman–Crippen LogP) is 2.37. The molecule has 96 valence electrons. The maximum Gasteiger partial charge on any atom is 0.208 e. The van der Waals surface area contributed by atoms with Gasteiger partial charge in [-0.05, 0) is 12.1 Å². The Labute approximate surface area is 107 Å². The number of ether oxygens (including phenoxy) is 1. The van der Waals surface area contributed by atoms with Gasteiger partial charge in [0.1, 0.15) is 39.2 Å². The molecule has 0 saturated carbocycles. The molecule has 0 radical (unpaired) electrons. The van der Waals surface area contributed by atoms with Crippen LogP contribution in [0, 0.1) is 0 Å². The van der Waals surface area contributed by atoms with Gasteiger partial charge in [0.05, 0.1) is 7.11 Å². The predicted molar refractivity (Wildman–Crippen MR) is 69.9 cm³/mol. The van der Waals surface area contributed by atoms with Gasteiger partial charge in [-0.2, -0.15) is 0 Å². The smallest absolute Gasteiger partial charge is 0.208 e. The first-order valence-electron chi connectivity index (χ1n) is 5.57. The van der Waals surface area contributed by atoms with E-state index >= 15 is 0 Å². The Balaban J connectivity index is 2.61. The Hall–Kier alpha value is -2.69. The first-order valence-corrected chi connectivity index (χ1v) is 5.57. The van der Waals surface area contributed by atoms with Gasteiger partial charge in [0.25, 0.3) is 0 Å². The molecule has 5 nitrogen and oxygen atoms in total. The maximum atomic E-state index is 12.4. The third-order valence-corrected chi connectivity index (χ3v) is 2.95. The number of benzene rings is 2. The van der Waals surface area contributed by atoms with Crippen LogP contribution in [0.25, 0.3) is 21.9 Å². The van der Waals surface area contributed by atoms with Gasteiger partial charge >= 0.3 is 0 Å². The van der Waals surface area contributed by atoms with Crippen molar-refractivity contribution in [2.75, 3.05) is 7.11 Å². The average Bonchev–Trinajstić information content (AvgIpc) is 2.36. The van der Waals surface area contributed by atoms with Gasteiger partial charge in [-0.25, -0.2) is 0 Å². The molecule has 0 aliphatic rings. The van der Waals surface area contributed by atoms with Gasteiger partial charge < -0.3 is 19.4 Å². The third kappa shape index (κ3) is 1.59. The lowest BCUT2D eigenvalue weighted by Crippen LogP contribution is -2.04. The highest BCUT2D eigenvalue weighted by atomic mass is 16.5. The second kappa shape index (κ2) is 3.91. The van der Waals surface area contributed by atoms with Gasteiger partial charge in [0, 0.05) is 12.1 Å². The number of aromatic hydroxyl groups is 2. The topological polar surface area (TPSA) is 79.9 Å². The highest BCUT2D eigenvalue weighted by Gasteiger charge is 2.15. The molecule has 3 aromatic rings. The Bertz CT molecular complexity index is 848. The molecule has 0 amide bonds. The number of hydrogen-bond donors (Lipinski definition) is 2. The van der Waals surface area contributed by atoms with E-state index in [2.05, 4.69) is 0 Å². The maximum absolute atomic E-state index is 12.4. The van der Waals surface area contributed by atoms with Gasteiger partial charge in [0.15, 0.2) is 0 Å². The van der Waals surface area contributed by atoms with Crippen LogP contribution in [0.3, 0.4) is 0 Å². The van der Waals surface area contributed by atoms with Crippen molar-refractivity contribution in [3.63, 3.8) is 0 Å². The summed E-state index contributed by atoms with van der Waals surface area (Å²) in [7, 11) is 1.45. The third-order valence-electron chi connectivity index (χ3n) is 2.95. The highest BCUT2D eigenvalue weighted by molar-refractivity contribution is 5.96. The molecule has 0 spiro atoms. The van der Waals surface area contributed by atoms with E-state index in [0.717, 1.165) is 6.07 Å². The second-order valence-corrected chi connectivity index (χ2v) is 4.10. The fourth-order valence-corrected chi connectivity index (χ4v) is 2.13. The first-order chi connectivity index (χ1) is 9.11. The Morgan fingerprint density at radius 1 is 1.11 bits per heavy atom. The van der Waals surface area contributed by atoms with Crippen LogP contribution in [0.5, 0.6) is 17.2 Å². The van der Waals surface area contributed by atoms with Gasteiger partial charge in [-0.15, -0.1) is 0 Å². The number of rotatable bonds is 1. The SMILES string of the molecule is COc1cccc2oc3cc(O)cc(O)c3c(=O)c12. The number of fused-ring (bicyclic) bond motifs is 2. The summed E-state index contributed by atoms with van der Waals surface area (Å²) in [6, 6.07) is 7.34. The molecule has 0 bridgehead atoms. The summed E-state index contributed by atoms with van der Waals surface area (Å²) in [6.45, 7) is 0. The molecule has 2 aromatic carbocycles. The molecular weight excluding hydrogens is 248 g/mol. The van der Waals surface area contributed by atoms with Crippen molar-refractivity contribution in [1.82, 2.24) is 0 Å². The zero-order chi connectivity index (χ0) is 13.6. The van der Waals surface area contributed by atoms with Crippen molar-refractivity contribution < 1.29 is 19.4 Å². The van der Waals surface area contributed by atoms with E-state index in [1.165, 1.54) is 13.2 Å². The van der Waals surface area contributed by atoms with Crippen molar-refractivity contribution in [2.45, 2.75) is 0 Å². The fraction of sp³-hybridized carbons (Fsp3) is 0.0714. The zero-order valence-electron chi connectivity index (χ0n) is 10.0. The van der Waals surface area contributed by atoms with E-state index in [9.17, 15) is 15.0 Å². The monoisotopic (exact) mass is 258 g/mol. The number of methoxy groups -OCH3 is 1. The number of phenols is 2. The zero-order valence-corrected chi connectivity index (χ0v) is 10.0. The van der Waals surface area contributed by atoms with Crippen LogP contribution < -0.4 is 10.2 Å². The lowest BCUT2D eigenvalue weighted by molar-refractivity contribution is 0.419. The second-order valence-electron chi connectivity index (χ2n) is 4.10. The van der Waals surface area contributed by atoms with E-state index < -0.39 is 5.43 Å². The molecule has 0 fully saturated rings. The molecule has 19 heavy (non-hydrogen) atoms. The molecule has 1 heterocycles. The normalized spacial score (nSPS) is 11.0.